The molecule has 1 spiro atoms. The van der Waals surface area contributed by atoms with Crippen LogP contribution < -0.4 is 4.90 Å². The molecule has 4 heteroatoms. The molecule has 0 radical (unpaired) electrons. The van der Waals surface area contributed by atoms with E-state index in [-0.39, 0.29) is 0 Å². The van der Waals surface area contributed by atoms with Crippen LogP contribution in [-0.2, 0) is 0 Å². The van der Waals surface area contributed by atoms with Gasteiger partial charge in [0.25, 0.3) is 0 Å². The Bertz CT molecular complexity index is 642. The molecular formula is C15H19N3S. The number of aryl methyl sites for hydroxylation is 2. The Labute approximate surface area is 117 Å². The van der Waals surface area contributed by atoms with E-state index in [1.807, 2.05) is 6.92 Å². The predicted molar refractivity (Wildman–Crippen MR) is 80.0 cm³/mol. The molecule has 0 unspecified atom stereocenters. The van der Waals surface area contributed by atoms with Crippen LogP contribution in [0.4, 0.5) is 5.82 Å². The van der Waals surface area contributed by atoms with Gasteiger partial charge in [0.2, 0.25) is 0 Å². The van der Waals surface area contributed by atoms with Crippen LogP contribution in [0.5, 0.6) is 0 Å². The Morgan fingerprint density at radius 1 is 1.21 bits per heavy atom. The molecule has 1 saturated carbocycles. The SMILES string of the molecule is Cc1nc(N2CCC3(CCC3)C2)c2c(C)csc2n1. The van der Waals surface area contributed by atoms with E-state index in [1.54, 1.807) is 11.3 Å². The first-order valence-corrected chi connectivity index (χ1v) is 8.02. The number of anilines is 1. The molecule has 3 heterocycles. The molecule has 3 nitrogen and oxygen atoms in total. The second-order valence-electron chi connectivity index (χ2n) is 6.22. The smallest absolute Gasteiger partial charge is 0.141 e. The Kier molecular flexibility index (Phi) is 2.40. The third-order valence-electron chi connectivity index (χ3n) is 4.86. The number of hydrogen-bond acceptors (Lipinski definition) is 4. The van der Waals surface area contributed by atoms with E-state index < -0.39 is 0 Å². The summed E-state index contributed by atoms with van der Waals surface area (Å²) in [6, 6.07) is 0. The molecule has 0 bridgehead atoms. The summed E-state index contributed by atoms with van der Waals surface area (Å²) >= 11 is 1.74. The molecule has 0 amide bonds. The highest BCUT2D eigenvalue weighted by Gasteiger charge is 2.43. The second-order valence-corrected chi connectivity index (χ2v) is 7.08. The molecule has 19 heavy (non-hydrogen) atoms. The third-order valence-corrected chi connectivity index (χ3v) is 5.85. The predicted octanol–water partition coefficient (Wildman–Crippen LogP) is 3.69. The van der Waals surface area contributed by atoms with Crippen molar-refractivity contribution in [3.63, 3.8) is 0 Å². The fourth-order valence-corrected chi connectivity index (χ4v) is 4.56. The highest BCUT2D eigenvalue weighted by Crippen LogP contribution is 2.49. The minimum atomic E-state index is 0.620. The summed E-state index contributed by atoms with van der Waals surface area (Å²) in [6.45, 7) is 6.55. The van der Waals surface area contributed by atoms with Gasteiger partial charge in [-0.25, -0.2) is 9.97 Å². The van der Waals surface area contributed by atoms with Gasteiger partial charge in [0.05, 0.1) is 5.39 Å². The summed E-state index contributed by atoms with van der Waals surface area (Å²) in [6.07, 6.45) is 5.60. The lowest BCUT2D eigenvalue weighted by atomic mass is 9.68. The Morgan fingerprint density at radius 2 is 2.05 bits per heavy atom. The highest BCUT2D eigenvalue weighted by atomic mass is 32.1. The van der Waals surface area contributed by atoms with Gasteiger partial charge in [-0.3, -0.25) is 0 Å². The van der Waals surface area contributed by atoms with Gasteiger partial charge in [0, 0.05) is 13.1 Å². The van der Waals surface area contributed by atoms with E-state index >= 15 is 0 Å². The monoisotopic (exact) mass is 273 g/mol. The van der Waals surface area contributed by atoms with E-state index in [0.29, 0.717) is 5.41 Å². The first-order chi connectivity index (χ1) is 9.17. The molecule has 2 aliphatic rings. The van der Waals surface area contributed by atoms with Gasteiger partial charge < -0.3 is 4.90 Å². The number of rotatable bonds is 1. The van der Waals surface area contributed by atoms with Crippen LogP contribution in [0.25, 0.3) is 10.2 Å². The lowest BCUT2D eigenvalue weighted by Gasteiger charge is -2.38. The fraction of sp³-hybridized carbons (Fsp3) is 0.600. The van der Waals surface area contributed by atoms with Crippen LogP contribution in [0.3, 0.4) is 0 Å². The van der Waals surface area contributed by atoms with Crippen LogP contribution >= 0.6 is 11.3 Å². The molecule has 2 aromatic rings. The van der Waals surface area contributed by atoms with Gasteiger partial charge in [0.1, 0.15) is 16.5 Å². The normalized spacial score (nSPS) is 21.3. The topological polar surface area (TPSA) is 29.0 Å². The molecule has 100 valence electrons. The maximum atomic E-state index is 4.76. The third kappa shape index (κ3) is 1.69. The molecule has 0 aromatic carbocycles. The molecule has 1 aliphatic carbocycles. The van der Waals surface area contributed by atoms with Crippen molar-refractivity contribution in [1.82, 2.24) is 9.97 Å². The van der Waals surface area contributed by atoms with Gasteiger partial charge >= 0.3 is 0 Å². The maximum Gasteiger partial charge on any atom is 0.141 e. The standard InChI is InChI=1S/C15H19N3S/c1-10-8-19-14-12(10)13(16-11(2)17-14)18-7-6-15(9-18)4-3-5-15/h8H,3-7,9H2,1-2H3. The van der Waals surface area contributed by atoms with Crippen LogP contribution in [0.2, 0.25) is 0 Å². The van der Waals surface area contributed by atoms with Crippen LogP contribution in [0.1, 0.15) is 37.1 Å². The molecule has 1 saturated heterocycles. The zero-order valence-electron chi connectivity index (χ0n) is 11.6. The summed E-state index contributed by atoms with van der Waals surface area (Å²) in [4.78, 5) is 13.0. The van der Waals surface area contributed by atoms with E-state index in [1.165, 1.54) is 55.5 Å². The van der Waals surface area contributed by atoms with Crippen LogP contribution in [-0.4, -0.2) is 23.1 Å². The van der Waals surface area contributed by atoms with E-state index in [9.17, 15) is 0 Å². The van der Waals surface area contributed by atoms with Crippen molar-refractivity contribution in [3.05, 3.63) is 16.8 Å². The highest BCUT2D eigenvalue weighted by molar-refractivity contribution is 7.17. The van der Waals surface area contributed by atoms with Crippen molar-refractivity contribution in [2.24, 2.45) is 5.41 Å². The van der Waals surface area contributed by atoms with Crippen molar-refractivity contribution in [1.29, 1.82) is 0 Å². The Balaban J connectivity index is 1.80. The summed E-state index contributed by atoms with van der Waals surface area (Å²) in [7, 11) is 0. The van der Waals surface area contributed by atoms with Crippen molar-refractivity contribution in [2.45, 2.75) is 39.5 Å². The van der Waals surface area contributed by atoms with E-state index in [4.69, 9.17) is 4.98 Å². The Hall–Kier alpha value is -1.16. The lowest BCUT2D eigenvalue weighted by Crippen LogP contribution is -2.33. The van der Waals surface area contributed by atoms with Gasteiger partial charge in [0.15, 0.2) is 0 Å². The molecule has 0 N–H and O–H groups in total. The largest absolute Gasteiger partial charge is 0.355 e. The summed E-state index contributed by atoms with van der Waals surface area (Å²) in [5.74, 6) is 2.09. The maximum absolute atomic E-state index is 4.76. The van der Waals surface area contributed by atoms with Crippen LogP contribution in [0.15, 0.2) is 5.38 Å². The quantitative estimate of drug-likeness (QED) is 0.793. The Morgan fingerprint density at radius 3 is 2.74 bits per heavy atom. The summed E-state index contributed by atoms with van der Waals surface area (Å²) in [5, 5.41) is 3.49. The van der Waals surface area contributed by atoms with Crippen molar-refractivity contribution < 1.29 is 0 Å². The van der Waals surface area contributed by atoms with E-state index in [0.717, 1.165) is 10.7 Å². The zero-order chi connectivity index (χ0) is 13.0. The molecule has 2 aromatic heterocycles. The number of hydrogen-bond donors (Lipinski definition) is 0. The minimum Gasteiger partial charge on any atom is -0.355 e. The fourth-order valence-electron chi connectivity index (χ4n) is 3.60. The van der Waals surface area contributed by atoms with Gasteiger partial charge in [-0.1, -0.05) is 6.42 Å². The van der Waals surface area contributed by atoms with Crippen molar-refractivity contribution in [3.8, 4) is 0 Å². The lowest BCUT2D eigenvalue weighted by molar-refractivity contribution is 0.165. The minimum absolute atomic E-state index is 0.620. The summed E-state index contributed by atoms with van der Waals surface area (Å²) in [5.41, 5.74) is 1.94. The number of fused-ring (bicyclic) bond motifs is 1. The molecule has 0 atom stereocenters. The summed E-state index contributed by atoms with van der Waals surface area (Å²) < 4.78 is 0. The molecular weight excluding hydrogens is 254 g/mol. The second kappa shape index (κ2) is 3.92. The van der Waals surface area contributed by atoms with Gasteiger partial charge in [-0.15, -0.1) is 11.3 Å². The number of nitrogens with zero attached hydrogens (tertiary/aromatic N) is 3. The average Bonchev–Trinajstić information content (AvgIpc) is 2.93. The molecule has 2 fully saturated rings. The van der Waals surface area contributed by atoms with E-state index in [2.05, 4.69) is 22.2 Å². The molecule has 4 rings (SSSR count). The zero-order valence-corrected chi connectivity index (χ0v) is 12.4. The van der Waals surface area contributed by atoms with Crippen LogP contribution in [0, 0.1) is 19.3 Å². The van der Waals surface area contributed by atoms with Crippen molar-refractivity contribution in [2.75, 3.05) is 18.0 Å². The molecule has 1 aliphatic heterocycles. The number of thiophene rings is 1. The average molecular weight is 273 g/mol. The number of aromatic nitrogens is 2. The van der Waals surface area contributed by atoms with Gasteiger partial charge in [-0.05, 0) is 49.5 Å². The first-order valence-electron chi connectivity index (χ1n) is 7.14. The van der Waals surface area contributed by atoms with Crippen molar-refractivity contribution >= 4 is 27.4 Å². The first kappa shape index (κ1) is 11.6. The van der Waals surface area contributed by atoms with Gasteiger partial charge in [-0.2, -0.15) is 0 Å².